The molecule has 0 saturated carbocycles. The lowest BCUT2D eigenvalue weighted by atomic mass is 10.4. The predicted octanol–water partition coefficient (Wildman–Crippen LogP) is 0.295. The third-order valence-corrected chi connectivity index (χ3v) is 1.67. The van der Waals surface area contributed by atoms with Gasteiger partial charge in [-0.25, -0.2) is 4.99 Å². The van der Waals surface area contributed by atoms with Crippen LogP contribution in [-0.4, -0.2) is 31.0 Å². The van der Waals surface area contributed by atoms with E-state index < -0.39 is 0 Å². The van der Waals surface area contributed by atoms with Gasteiger partial charge < -0.3 is 5.73 Å². The SMILES string of the molecule is C[N+]1(CCCN)C=CN=C1. The fraction of sp³-hybridized carbons (Fsp3) is 0.571. The summed E-state index contributed by atoms with van der Waals surface area (Å²) in [6, 6.07) is 0. The average Bonchev–Trinajstić information content (AvgIpc) is 2.33. The Kier molecular flexibility index (Phi) is 2.19. The third-order valence-electron chi connectivity index (χ3n) is 1.67. The van der Waals surface area contributed by atoms with Crippen molar-refractivity contribution in [1.29, 1.82) is 0 Å². The molecule has 1 heterocycles. The van der Waals surface area contributed by atoms with Gasteiger partial charge in [-0.15, -0.1) is 0 Å². The van der Waals surface area contributed by atoms with Crippen LogP contribution in [0.3, 0.4) is 0 Å². The maximum absolute atomic E-state index is 5.39. The van der Waals surface area contributed by atoms with E-state index in [2.05, 4.69) is 18.2 Å². The van der Waals surface area contributed by atoms with Crippen molar-refractivity contribution in [3.05, 3.63) is 12.4 Å². The predicted molar refractivity (Wildman–Crippen MR) is 42.4 cm³/mol. The monoisotopic (exact) mass is 140 g/mol. The molecule has 56 valence electrons. The molecule has 0 saturated heterocycles. The van der Waals surface area contributed by atoms with Gasteiger partial charge in [-0.1, -0.05) is 0 Å². The molecule has 1 aliphatic heterocycles. The van der Waals surface area contributed by atoms with Gasteiger partial charge in [0.15, 0.2) is 6.34 Å². The number of aliphatic imine (C=N–C) groups is 1. The average molecular weight is 140 g/mol. The first-order valence-electron chi connectivity index (χ1n) is 3.54. The van der Waals surface area contributed by atoms with Crippen LogP contribution < -0.4 is 5.73 Å². The summed E-state index contributed by atoms with van der Waals surface area (Å²) in [5.41, 5.74) is 5.39. The second-order valence-corrected chi connectivity index (χ2v) is 2.78. The van der Waals surface area contributed by atoms with Crippen molar-refractivity contribution in [2.24, 2.45) is 10.7 Å². The van der Waals surface area contributed by atoms with Crippen molar-refractivity contribution in [2.45, 2.75) is 6.42 Å². The van der Waals surface area contributed by atoms with Crippen LogP contribution >= 0.6 is 0 Å². The summed E-state index contributed by atoms with van der Waals surface area (Å²) in [6.07, 6.45) is 6.87. The number of hydrogen-bond acceptors (Lipinski definition) is 2. The van der Waals surface area contributed by atoms with E-state index in [1.165, 1.54) is 0 Å². The van der Waals surface area contributed by atoms with Crippen LogP contribution in [0.2, 0.25) is 0 Å². The number of rotatable bonds is 3. The fourth-order valence-corrected chi connectivity index (χ4v) is 0.984. The lowest BCUT2D eigenvalue weighted by Gasteiger charge is -2.20. The van der Waals surface area contributed by atoms with E-state index in [1.54, 1.807) is 0 Å². The normalized spacial score (nSPS) is 29.8. The highest BCUT2D eigenvalue weighted by Crippen LogP contribution is 2.06. The molecule has 0 aromatic carbocycles. The van der Waals surface area contributed by atoms with E-state index in [1.807, 2.05) is 12.5 Å². The van der Waals surface area contributed by atoms with E-state index in [9.17, 15) is 0 Å². The minimum Gasteiger partial charge on any atom is -0.330 e. The molecule has 3 heteroatoms. The summed E-state index contributed by atoms with van der Waals surface area (Å²) in [6.45, 7) is 1.81. The Balaban J connectivity index is 2.38. The molecular formula is C7H14N3+. The van der Waals surface area contributed by atoms with E-state index in [0.29, 0.717) is 0 Å². The summed E-state index contributed by atoms with van der Waals surface area (Å²) in [7, 11) is 2.11. The van der Waals surface area contributed by atoms with Gasteiger partial charge in [-0.05, 0) is 6.54 Å². The first-order chi connectivity index (χ1) is 4.77. The van der Waals surface area contributed by atoms with E-state index >= 15 is 0 Å². The highest BCUT2D eigenvalue weighted by atomic mass is 15.3. The van der Waals surface area contributed by atoms with Crippen molar-refractivity contribution in [3.8, 4) is 0 Å². The fourth-order valence-electron chi connectivity index (χ4n) is 0.984. The van der Waals surface area contributed by atoms with Crippen molar-refractivity contribution in [3.63, 3.8) is 0 Å². The zero-order valence-corrected chi connectivity index (χ0v) is 6.33. The molecule has 1 aliphatic rings. The van der Waals surface area contributed by atoms with Crippen molar-refractivity contribution >= 4 is 6.34 Å². The second kappa shape index (κ2) is 2.94. The number of nitrogens with two attached hydrogens (primary N) is 1. The molecule has 0 fully saturated rings. The minimum absolute atomic E-state index is 0.759. The first kappa shape index (κ1) is 7.44. The molecule has 0 aromatic rings. The van der Waals surface area contributed by atoms with Gasteiger partial charge in [0, 0.05) is 6.42 Å². The Labute approximate surface area is 61.4 Å². The van der Waals surface area contributed by atoms with Crippen molar-refractivity contribution < 1.29 is 4.48 Å². The van der Waals surface area contributed by atoms with Gasteiger partial charge in [0.25, 0.3) is 0 Å². The topological polar surface area (TPSA) is 38.4 Å². The molecule has 3 nitrogen and oxygen atoms in total. The van der Waals surface area contributed by atoms with Crippen LogP contribution in [0.1, 0.15) is 6.42 Å². The first-order valence-corrected chi connectivity index (χ1v) is 3.54. The van der Waals surface area contributed by atoms with Crippen LogP contribution in [0.5, 0.6) is 0 Å². The molecule has 1 rings (SSSR count). The van der Waals surface area contributed by atoms with Crippen molar-refractivity contribution in [2.75, 3.05) is 20.1 Å². The quantitative estimate of drug-likeness (QED) is 0.562. The molecule has 2 N–H and O–H groups in total. The summed E-state index contributed by atoms with van der Waals surface area (Å²) >= 11 is 0. The third kappa shape index (κ3) is 1.65. The highest BCUT2D eigenvalue weighted by Gasteiger charge is 2.17. The molecule has 0 spiro atoms. The molecule has 0 aromatic heterocycles. The zero-order valence-electron chi connectivity index (χ0n) is 6.33. The summed E-state index contributed by atoms with van der Waals surface area (Å²) in [5, 5.41) is 0. The Bertz CT molecular complexity index is 148. The smallest absolute Gasteiger partial charge is 0.194 e. The van der Waals surface area contributed by atoms with Crippen LogP contribution in [-0.2, 0) is 0 Å². The zero-order chi connectivity index (χ0) is 7.45. The summed E-state index contributed by atoms with van der Waals surface area (Å²) in [4.78, 5) is 4.02. The van der Waals surface area contributed by atoms with Gasteiger partial charge in [-0.2, -0.15) is 0 Å². The Morgan fingerprint density at radius 1 is 1.60 bits per heavy atom. The number of quaternary nitrogens is 1. The van der Waals surface area contributed by atoms with Crippen LogP contribution in [0.4, 0.5) is 0 Å². The van der Waals surface area contributed by atoms with E-state index in [-0.39, 0.29) is 0 Å². The molecular weight excluding hydrogens is 126 g/mol. The number of hydrogen-bond donors (Lipinski definition) is 1. The van der Waals surface area contributed by atoms with Crippen molar-refractivity contribution in [1.82, 2.24) is 0 Å². The highest BCUT2D eigenvalue weighted by molar-refractivity contribution is 5.50. The molecule has 0 radical (unpaired) electrons. The standard InChI is InChI=1S/C7H14N3/c1-10(5-2-3-8)6-4-9-7-10/h4,6-7H,2-3,5,8H2,1H3/q+1. The lowest BCUT2D eigenvalue weighted by molar-refractivity contribution is -0.756. The maximum atomic E-state index is 5.39. The van der Waals surface area contributed by atoms with Crippen LogP contribution in [0.15, 0.2) is 17.4 Å². The maximum Gasteiger partial charge on any atom is 0.194 e. The molecule has 0 amide bonds. The Hall–Kier alpha value is -0.670. The van der Waals surface area contributed by atoms with E-state index in [0.717, 1.165) is 24.0 Å². The van der Waals surface area contributed by atoms with Crippen LogP contribution in [0.25, 0.3) is 0 Å². The van der Waals surface area contributed by atoms with E-state index in [4.69, 9.17) is 5.73 Å². The molecule has 1 unspecified atom stereocenters. The number of nitrogens with zero attached hydrogens (tertiary/aromatic N) is 2. The van der Waals surface area contributed by atoms with Gasteiger partial charge >= 0.3 is 0 Å². The molecule has 1 atom stereocenters. The second-order valence-electron chi connectivity index (χ2n) is 2.78. The van der Waals surface area contributed by atoms with Gasteiger partial charge in [0.05, 0.1) is 19.8 Å². The largest absolute Gasteiger partial charge is 0.330 e. The lowest BCUT2D eigenvalue weighted by Crippen LogP contribution is -2.36. The molecule has 0 aliphatic carbocycles. The van der Waals surface area contributed by atoms with Crippen LogP contribution in [0, 0.1) is 0 Å². The molecule has 0 bridgehead atoms. The summed E-state index contributed by atoms with van der Waals surface area (Å²) in [5.74, 6) is 0. The Morgan fingerprint density at radius 3 is 2.90 bits per heavy atom. The minimum atomic E-state index is 0.759. The molecule has 10 heavy (non-hydrogen) atoms. The van der Waals surface area contributed by atoms with Gasteiger partial charge in [0.2, 0.25) is 0 Å². The summed E-state index contributed by atoms with van der Waals surface area (Å²) < 4.78 is 0.803. The Morgan fingerprint density at radius 2 is 2.40 bits per heavy atom. The van der Waals surface area contributed by atoms with Gasteiger partial charge in [-0.3, -0.25) is 4.48 Å². The van der Waals surface area contributed by atoms with Gasteiger partial charge in [0.1, 0.15) is 6.20 Å².